The van der Waals surface area contributed by atoms with Crippen LogP contribution in [0.5, 0.6) is 0 Å². The Bertz CT molecular complexity index is 297. The van der Waals surface area contributed by atoms with Gasteiger partial charge in [0.25, 0.3) is 0 Å². The molecule has 0 aliphatic heterocycles. The maximum absolute atomic E-state index is 6.13. The number of likely N-dealkylation sites (N-methyl/N-ethyl adjacent to an activating group) is 1. The molecule has 0 heterocycles. The number of nitrogens with one attached hydrogen (secondary N) is 1. The van der Waals surface area contributed by atoms with Gasteiger partial charge in [-0.3, -0.25) is 0 Å². The summed E-state index contributed by atoms with van der Waals surface area (Å²) in [6.07, 6.45) is 2.10. The molecule has 0 bridgehead atoms. The summed E-state index contributed by atoms with van der Waals surface area (Å²) < 4.78 is 1.03. The summed E-state index contributed by atoms with van der Waals surface area (Å²) in [6.45, 7) is 2.17. The summed E-state index contributed by atoms with van der Waals surface area (Å²) in [4.78, 5) is 0. The van der Waals surface area contributed by atoms with Crippen molar-refractivity contribution in [2.24, 2.45) is 0 Å². The third-order valence-corrected chi connectivity index (χ3v) is 3.23. The highest BCUT2D eigenvalue weighted by Crippen LogP contribution is 2.22. The van der Waals surface area contributed by atoms with Crippen molar-refractivity contribution in [1.82, 2.24) is 5.32 Å². The summed E-state index contributed by atoms with van der Waals surface area (Å²) in [5.74, 6) is 0. The quantitative estimate of drug-likeness (QED) is 0.885. The average Bonchev–Trinajstić information content (AvgIpc) is 2.17. The molecule has 0 radical (unpaired) electrons. The molecule has 1 aromatic rings. The number of rotatable bonds is 4. The topological polar surface area (TPSA) is 12.0 Å². The van der Waals surface area contributed by atoms with E-state index in [1.807, 2.05) is 19.2 Å². The third-order valence-electron chi connectivity index (χ3n) is 2.38. The van der Waals surface area contributed by atoms with E-state index < -0.39 is 0 Å². The van der Waals surface area contributed by atoms with Crippen LogP contribution in [0.3, 0.4) is 0 Å². The molecular weight excluding hydrogens is 261 g/mol. The van der Waals surface area contributed by atoms with Crippen molar-refractivity contribution >= 4 is 27.5 Å². The Morgan fingerprint density at radius 3 is 2.71 bits per heavy atom. The maximum Gasteiger partial charge on any atom is 0.0449 e. The molecule has 0 aromatic heterocycles. The number of benzene rings is 1. The van der Waals surface area contributed by atoms with E-state index in [9.17, 15) is 0 Å². The molecule has 0 saturated carbocycles. The van der Waals surface area contributed by atoms with E-state index in [1.165, 1.54) is 5.56 Å². The van der Waals surface area contributed by atoms with Gasteiger partial charge in [-0.05, 0) is 37.6 Å². The van der Waals surface area contributed by atoms with E-state index in [0.29, 0.717) is 6.04 Å². The Balaban J connectivity index is 2.76. The number of hydrogen-bond donors (Lipinski definition) is 1. The van der Waals surface area contributed by atoms with E-state index in [0.717, 1.165) is 22.3 Å². The molecule has 0 saturated heterocycles. The van der Waals surface area contributed by atoms with Crippen LogP contribution < -0.4 is 5.32 Å². The molecular formula is C11H15BrClN. The van der Waals surface area contributed by atoms with Crippen molar-refractivity contribution in [2.75, 3.05) is 7.05 Å². The van der Waals surface area contributed by atoms with Crippen molar-refractivity contribution in [3.63, 3.8) is 0 Å². The van der Waals surface area contributed by atoms with Crippen molar-refractivity contribution in [2.45, 2.75) is 25.8 Å². The molecule has 1 rings (SSSR count). The predicted molar refractivity (Wildman–Crippen MR) is 66.0 cm³/mol. The van der Waals surface area contributed by atoms with Crippen LogP contribution >= 0.6 is 27.5 Å². The van der Waals surface area contributed by atoms with Crippen LogP contribution in [0.25, 0.3) is 0 Å². The molecule has 1 N–H and O–H groups in total. The van der Waals surface area contributed by atoms with Gasteiger partial charge >= 0.3 is 0 Å². The van der Waals surface area contributed by atoms with Gasteiger partial charge in [0.1, 0.15) is 0 Å². The zero-order valence-electron chi connectivity index (χ0n) is 8.48. The van der Waals surface area contributed by atoms with Gasteiger partial charge < -0.3 is 5.32 Å². The van der Waals surface area contributed by atoms with Gasteiger partial charge in [-0.25, -0.2) is 0 Å². The summed E-state index contributed by atoms with van der Waals surface area (Å²) >= 11 is 9.53. The highest BCUT2D eigenvalue weighted by molar-refractivity contribution is 9.10. The monoisotopic (exact) mass is 275 g/mol. The van der Waals surface area contributed by atoms with Crippen LogP contribution in [-0.4, -0.2) is 13.1 Å². The Kier molecular flexibility index (Phi) is 4.93. The lowest BCUT2D eigenvalue weighted by Crippen LogP contribution is -2.26. The van der Waals surface area contributed by atoms with E-state index >= 15 is 0 Å². The lowest BCUT2D eigenvalue weighted by atomic mass is 10.0. The maximum atomic E-state index is 6.13. The lowest BCUT2D eigenvalue weighted by molar-refractivity contribution is 0.543. The van der Waals surface area contributed by atoms with E-state index in [-0.39, 0.29) is 0 Å². The van der Waals surface area contributed by atoms with Gasteiger partial charge in [0.05, 0.1) is 0 Å². The molecule has 0 fully saturated rings. The minimum atomic E-state index is 0.508. The average molecular weight is 277 g/mol. The number of hydrogen-bond acceptors (Lipinski definition) is 1. The SMILES string of the molecule is CCC(Cc1ccc(Br)cc1Cl)NC. The lowest BCUT2D eigenvalue weighted by Gasteiger charge is -2.14. The summed E-state index contributed by atoms with van der Waals surface area (Å²) in [5.41, 5.74) is 1.20. The standard InChI is InChI=1S/C11H15BrClN/c1-3-10(14-2)6-8-4-5-9(12)7-11(8)13/h4-5,7,10,14H,3,6H2,1-2H3. The summed E-state index contributed by atoms with van der Waals surface area (Å²) in [6, 6.07) is 6.56. The summed E-state index contributed by atoms with van der Waals surface area (Å²) in [5, 5.41) is 4.11. The van der Waals surface area contributed by atoms with E-state index in [4.69, 9.17) is 11.6 Å². The third kappa shape index (κ3) is 3.26. The normalized spacial score (nSPS) is 12.9. The summed E-state index contributed by atoms with van der Waals surface area (Å²) in [7, 11) is 1.99. The predicted octanol–water partition coefficient (Wildman–Crippen LogP) is 3.64. The fourth-order valence-electron chi connectivity index (χ4n) is 1.40. The smallest absolute Gasteiger partial charge is 0.0449 e. The van der Waals surface area contributed by atoms with Crippen molar-refractivity contribution < 1.29 is 0 Å². The van der Waals surface area contributed by atoms with Crippen LogP contribution in [0.2, 0.25) is 5.02 Å². The minimum absolute atomic E-state index is 0.508. The first-order valence-corrected chi connectivity index (χ1v) is 5.95. The van der Waals surface area contributed by atoms with E-state index in [1.54, 1.807) is 0 Å². The van der Waals surface area contributed by atoms with E-state index in [2.05, 4.69) is 34.2 Å². The van der Waals surface area contributed by atoms with Gasteiger partial charge in [-0.2, -0.15) is 0 Å². The molecule has 3 heteroatoms. The molecule has 0 amide bonds. The van der Waals surface area contributed by atoms with Gasteiger partial charge in [-0.15, -0.1) is 0 Å². The van der Waals surface area contributed by atoms with Gasteiger partial charge in [-0.1, -0.05) is 40.5 Å². The fraction of sp³-hybridized carbons (Fsp3) is 0.455. The number of halogens is 2. The second-order valence-electron chi connectivity index (χ2n) is 3.33. The Hall–Kier alpha value is -0.0500. The second kappa shape index (κ2) is 5.74. The molecule has 0 aliphatic rings. The molecule has 1 atom stereocenters. The van der Waals surface area contributed by atoms with Crippen molar-refractivity contribution in [1.29, 1.82) is 0 Å². The molecule has 1 unspecified atom stereocenters. The Labute approximate surface area is 99.0 Å². The first-order valence-electron chi connectivity index (χ1n) is 4.78. The van der Waals surface area contributed by atoms with Crippen LogP contribution in [0, 0.1) is 0 Å². The van der Waals surface area contributed by atoms with Crippen LogP contribution in [0.15, 0.2) is 22.7 Å². The molecule has 1 nitrogen and oxygen atoms in total. The zero-order chi connectivity index (χ0) is 10.6. The molecule has 14 heavy (non-hydrogen) atoms. The first-order chi connectivity index (χ1) is 6.67. The van der Waals surface area contributed by atoms with Crippen LogP contribution in [-0.2, 0) is 6.42 Å². The Morgan fingerprint density at radius 1 is 1.50 bits per heavy atom. The fourth-order valence-corrected chi connectivity index (χ4v) is 2.15. The largest absolute Gasteiger partial charge is 0.317 e. The van der Waals surface area contributed by atoms with Crippen LogP contribution in [0.4, 0.5) is 0 Å². The highest BCUT2D eigenvalue weighted by atomic mass is 79.9. The van der Waals surface area contributed by atoms with Crippen molar-refractivity contribution in [3.05, 3.63) is 33.3 Å². The first kappa shape index (κ1) is 12.0. The van der Waals surface area contributed by atoms with Gasteiger partial charge in [0.2, 0.25) is 0 Å². The highest BCUT2D eigenvalue weighted by Gasteiger charge is 2.07. The van der Waals surface area contributed by atoms with Crippen molar-refractivity contribution in [3.8, 4) is 0 Å². The zero-order valence-corrected chi connectivity index (χ0v) is 10.8. The minimum Gasteiger partial charge on any atom is -0.317 e. The molecule has 78 valence electrons. The second-order valence-corrected chi connectivity index (χ2v) is 4.66. The van der Waals surface area contributed by atoms with Gasteiger partial charge in [0.15, 0.2) is 0 Å². The molecule has 0 spiro atoms. The molecule has 0 aliphatic carbocycles. The molecule has 1 aromatic carbocycles. The Morgan fingerprint density at radius 2 is 2.21 bits per heavy atom. The van der Waals surface area contributed by atoms with Gasteiger partial charge in [0, 0.05) is 15.5 Å². The van der Waals surface area contributed by atoms with Crippen LogP contribution in [0.1, 0.15) is 18.9 Å².